The van der Waals surface area contributed by atoms with E-state index < -0.39 is 0 Å². The minimum atomic E-state index is 0.104. The van der Waals surface area contributed by atoms with Crippen LogP contribution in [0.15, 0.2) is 18.2 Å². The van der Waals surface area contributed by atoms with Gasteiger partial charge in [0.1, 0.15) is 0 Å². The first kappa shape index (κ1) is 15.1. The number of ether oxygens (including phenoxy) is 3. The van der Waals surface area contributed by atoms with E-state index in [1.807, 2.05) is 25.1 Å². The van der Waals surface area contributed by atoms with Crippen LogP contribution >= 0.6 is 0 Å². The molecule has 2 rings (SSSR count). The lowest BCUT2D eigenvalue weighted by molar-refractivity contribution is 0.141. The molecule has 112 valence electrons. The van der Waals surface area contributed by atoms with E-state index in [4.69, 9.17) is 20.1 Å². The van der Waals surface area contributed by atoms with Crippen molar-refractivity contribution in [1.82, 2.24) is 5.43 Å². The number of fused-ring (bicyclic) bond motifs is 1. The van der Waals surface area contributed by atoms with E-state index >= 15 is 0 Å². The maximum Gasteiger partial charge on any atom is 0.161 e. The first-order valence-corrected chi connectivity index (χ1v) is 7.28. The Morgan fingerprint density at radius 2 is 2.10 bits per heavy atom. The van der Waals surface area contributed by atoms with Crippen LogP contribution in [0.1, 0.15) is 37.8 Å². The summed E-state index contributed by atoms with van der Waals surface area (Å²) in [6.45, 7) is 4.92. The van der Waals surface area contributed by atoms with Crippen LogP contribution in [0.3, 0.4) is 0 Å². The average molecular weight is 280 g/mol. The van der Waals surface area contributed by atoms with Crippen molar-refractivity contribution in [2.45, 2.75) is 32.2 Å². The third kappa shape index (κ3) is 4.10. The molecular weight excluding hydrogens is 256 g/mol. The van der Waals surface area contributed by atoms with Crippen molar-refractivity contribution in [3.8, 4) is 11.5 Å². The molecule has 0 aliphatic carbocycles. The largest absolute Gasteiger partial charge is 0.490 e. The summed E-state index contributed by atoms with van der Waals surface area (Å²) < 4.78 is 16.7. The zero-order chi connectivity index (χ0) is 14.2. The highest BCUT2D eigenvalue weighted by Gasteiger charge is 2.15. The van der Waals surface area contributed by atoms with Crippen LogP contribution in [0.5, 0.6) is 11.5 Å². The molecular formula is C15H24N2O3. The summed E-state index contributed by atoms with van der Waals surface area (Å²) >= 11 is 0. The molecule has 1 atom stereocenters. The van der Waals surface area contributed by atoms with Crippen LogP contribution in [0.4, 0.5) is 0 Å². The molecule has 0 radical (unpaired) electrons. The molecule has 3 N–H and O–H groups in total. The van der Waals surface area contributed by atoms with Gasteiger partial charge in [0, 0.05) is 25.7 Å². The Morgan fingerprint density at radius 3 is 2.85 bits per heavy atom. The molecule has 1 aromatic carbocycles. The summed E-state index contributed by atoms with van der Waals surface area (Å²) in [5, 5.41) is 0. The quantitative estimate of drug-likeness (QED) is 0.455. The molecule has 0 aromatic heterocycles. The first-order chi connectivity index (χ1) is 9.85. The van der Waals surface area contributed by atoms with Crippen molar-refractivity contribution in [2.24, 2.45) is 5.84 Å². The highest BCUT2D eigenvalue weighted by Crippen LogP contribution is 2.33. The van der Waals surface area contributed by atoms with E-state index in [2.05, 4.69) is 5.43 Å². The van der Waals surface area contributed by atoms with Gasteiger partial charge in [-0.2, -0.15) is 0 Å². The number of rotatable bonds is 7. The van der Waals surface area contributed by atoms with E-state index in [0.717, 1.165) is 49.5 Å². The Bertz CT molecular complexity index is 412. The van der Waals surface area contributed by atoms with Gasteiger partial charge in [-0.05, 0) is 37.5 Å². The molecule has 1 aliphatic rings. The van der Waals surface area contributed by atoms with Gasteiger partial charge < -0.3 is 14.2 Å². The van der Waals surface area contributed by atoms with Crippen molar-refractivity contribution in [3.63, 3.8) is 0 Å². The Balaban J connectivity index is 2.00. The molecule has 0 fully saturated rings. The first-order valence-electron chi connectivity index (χ1n) is 7.28. The summed E-state index contributed by atoms with van der Waals surface area (Å²) in [4.78, 5) is 0. The summed E-state index contributed by atoms with van der Waals surface area (Å²) in [6, 6.07) is 6.13. The summed E-state index contributed by atoms with van der Waals surface area (Å²) in [5.41, 5.74) is 3.98. The maximum absolute atomic E-state index is 5.71. The van der Waals surface area contributed by atoms with Crippen molar-refractivity contribution in [1.29, 1.82) is 0 Å². The normalized spacial score (nSPS) is 15.7. The second-order valence-corrected chi connectivity index (χ2v) is 4.82. The maximum atomic E-state index is 5.71. The van der Waals surface area contributed by atoms with Gasteiger partial charge in [0.25, 0.3) is 0 Å². The zero-order valence-corrected chi connectivity index (χ0v) is 12.1. The second-order valence-electron chi connectivity index (χ2n) is 4.82. The summed E-state index contributed by atoms with van der Waals surface area (Å²) in [5.74, 6) is 7.29. The fourth-order valence-corrected chi connectivity index (χ4v) is 2.28. The van der Waals surface area contributed by atoms with Gasteiger partial charge in [-0.15, -0.1) is 0 Å². The number of nitrogens with two attached hydrogens (primary N) is 1. The van der Waals surface area contributed by atoms with Crippen molar-refractivity contribution in [3.05, 3.63) is 23.8 Å². The Morgan fingerprint density at radius 1 is 1.30 bits per heavy atom. The van der Waals surface area contributed by atoms with Gasteiger partial charge in [-0.25, -0.2) is 0 Å². The van der Waals surface area contributed by atoms with Crippen LogP contribution in [0.25, 0.3) is 0 Å². The molecule has 1 unspecified atom stereocenters. The molecule has 1 aliphatic heterocycles. The van der Waals surface area contributed by atoms with Gasteiger partial charge in [0.2, 0.25) is 0 Å². The molecule has 1 heterocycles. The molecule has 0 bridgehead atoms. The van der Waals surface area contributed by atoms with Crippen LogP contribution in [0, 0.1) is 0 Å². The molecule has 0 amide bonds. The van der Waals surface area contributed by atoms with Crippen LogP contribution in [0.2, 0.25) is 0 Å². The third-order valence-corrected chi connectivity index (χ3v) is 3.36. The number of hydrogen-bond donors (Lipinski definition) is 2. The van der Waals surface area contributed by atoms with Gasteiger partial charge in [0.15, 0.2) is 11.5 Å². The van der Waals surface area contributed by atoms with Crippen molar-refractivity contribution >= 4 is 0 Å². The van der Waals surface area contributed by atoms with E-state index in [-0.39, 0.29) is 6.04 Å². The molecule has 0 spiro atoms. The van der Waals surface area contributed by atoms with E-state index in [1.165, 1.54) is 0 Å². The minimum absolute atomic E-state index is 0.104. The lowest BCUT2D eigenvalue weighted by atomic mass is 10.0. The number of nitrogens with one attached hydrogen (secondary N) is 1. The Labute approximate surface area is 120 Å². The minimum Gasteiger partial charge on any atom is -0.490 e. The average Bonchev–Trinajstić information content (AvgIpc) is 2.72. The molecule has 1 aromatic rings. The highest BCUT2D eigenvalue weighted by atomic mass is 16.5. The van der Waals surface area contributed by atoms with E-state index in [1.54, 1.807) is 0 Å². The van der Waals surface area contributed by atoms with Gasteiger partial charge in [-0.1, -0.05) is 6.07 Å². The van der Waals surface area contributed by atoms with Gasteiger partial charge >= 0.3 is 0 Å². The molecule has 0 saturated heterocycles. The number of hydrogen-bond acceptors (Lipinski definition) is 5. The predicted octanol–water partition coefficient (Wildman–Crippen LogP) is 2.17. The fraction of sp³-hybridized carbons (Fsp3) is 0.600. The highest BCUT2D eigenvalue weighted by molar-refractivity contribution is 5.44. The van der Waals surface area contributed by atoms with Crippen molar-refractivity contribution in [2.75, 3.05) is 26.4 Å². The topological polar surface area (TPSA) is 65.7 Å². The van der Waals surface area contributed by atoms with Crippen molar-refractivity contribution < 1.29 is 14.2 Å². The Hall–Kier alpha value is -1.30. The fourth-order valence-electron chi connectivity index (χ4n) is 2.28. The van der Waals surface area contributed by atoms with Gasteiger partial charge in [0.05, 0.1) is 13.2 Å². The molecule has 5 nitrogen and oxygen atoms in total. The third-order valence-electron chi connectivity index (χ3n) is 3.36. The standard InChI is InChI=1S/C15H24N2O3/c1-2-18-8-3-5-13(17-16)12-6-7-14-15(11-12)20-10-4-9-19-14/h6-7,11,13,17H,2-5,8-10,16H2,1H3. The van der Waals surface area contributed by atoms with Gasteiger partial charge in [-0.3, -0.25) is 11.3 Å². The predicted molar refractivity (Wildman–Crippen MR) is 77.8 cm³/mol. The lowest BCUT2D eigenvalue weighted by Gasteiger charge is -2.18. The van der Waals surface area contributed by atoms with Crippen LogP contribution in [-0.4, -0.2) is 26.4 Å². The SMILES string of the molecule is CCOCCCC(NN)c1ccc2c(c1)OCCCO2. The summed E-state index contributed by atoms with van der Waals surface area (Å²) in [6.07, 6.45) is 2.81. The van der Waals surface area contributed by atoms with E-state index in [0.29, 0.717) is 13.2 Å². The monoisotopic (exact) mass is 280 g/mol. The van der Waals surface area contributed by atoms with E-state index in [9.17, 15) is 0 Å². The van der Waals surface area contributed by atoms with Crippen LogP contribution in [-0.2, 0) is 4.74 Å². The summed E-state index contributed by atoms with van der Waals surface area (Å²) in [7, 11) is 0. The molecule has 0 saturated carbocycles. The Kier molecular flexibility index (Phi) is 6.11. The zero-order valence-electron chi connectivity index (χ0n) is 12.1. The lowest BCUT2D eigenvalue weighted by Crippen LogP contribution is -2.28. The second kappa shape index (κ2) is 8.09. The smallest absolute Gasteiger partial charge is 0.161 e. The molecule has 20 heavy (non-hydrogen) atoms. The molecule has 5 heteroatoms. The number of hydrazine groups is 1. The van der Waals surface area contributed by atoms with Crippen LogP contribution < -0.4 is 20.7 Å². The number of benzene rings is 1.